The maximum Gasteiger partial charge on any atom is 0.234 e. The van der Waals surface area contributed by atoms with Crippen molar-refractivity contribution >= 4 is 5.91 Å². The summed E-state index contributed by atoms with van der Waals surface area (Å²) in [6.07, 6.45) is 1.33. The van der Waals surface area contributed by atoms with Gasteiger partial charge in [0.2, 0.25) is 5.91 Å². The van der Waals surface area contributed by atoms with Gasteiger partial charge < -0.3 is 29.0 Å². The quantitative estimate of drug-likeness (QED) is 0.406. The van der Waals surface area contributed by atoms with Crippen molar-refractivity contribution in [3.05, 3.63) is 76.9 Å². The molecule has 3 aromatic rings. The lowest BCUT2D eigenvalue weighted by atomic mass is 9.87. The van der Waals surface area contributed by atoms with E-state index < -0.39 is 0 Å². The number of benzene rings is 3. The fourth-order valence-corrected chi connectivity index (χ4v) is 5.16. The van der Waals surface area contributed by atoms with Crippen LogP contribution in [0, 0.1) is 0 Å². The van der Waals surface area contributed by atoms with Gasteiger partial charge in [-0.15, -0.1) is 0 Å². The maximum atomic E-state index is 13.2. The van der Waals surface area contributed by atoms with Crippen LogP contribution in [0.3, 0.4) is 0 Å². The van der Waals surface area contributed by atoms with Gasteiger partial charge in [0.1, 0.15) is 28.7 Å². The Bertz CT molecular complexity index is 1260. The highest BCUT2D eigenvalue weighted by molar-refractivity contribution is 5.78. The van der Waals surface area contributed by atoms with Crippen LogP contribution in [0.25, 0.3) is 0 Å². The van der Waals surface area contributed by atoms with E-state index in [9.17, 15) is 4.79 Å². The van der Waals surface area contributed by atoms with E-state index in [1.165, 1.54) is 0 Å². The van der Waals surface area contributed by atoms with E-state index in [0.29, 0.717) is 19.5 Å². The van der Waals surface area contributed by atoms with Gasteiger partial charge >= 0.3 is 0 Å². The fraction of sp³-hybridized carbons (Fsp3) is 0.367. The molecule has 0 aromatic heterocycles. The summed E-state index contributed by atoms with van der Waals surface area (Å²) in [5, 5.41) is 3.06. The number of methoxy groups -OCH3 is 5. The largest absolute Gasteiger partial charge is 0.497 e. The molecule has 1 unspecified atom stereocenters. The van der Waals surface area contributed by atoms with Crippen molar-refractivity contribution in [2.75, 3.05) is 48.6 Å². The van der Waals surface area contributed by atoms with Crippen molar-refractivity contribution in [3.63, 3.8) is 0 Å². The average Bonchev–Trinajstić information content (AvgIpc) is 2.96. The number of hydrogen-bond acceptors (Lipinski definition) is 7. The van der Waals surface area contributed by atoms with E-state index in [0.717, 1.165) is 57.4 Å². The molecule has 8 nitrogen and oxygen atoms in total. The van der Waals surface area contributed by atoms with Gasteiger partial charge in [-0.1, -0.05) is 18.2 Å². The van der Waals surface area contributed by atoms with Crippen LogP contribution in [-0.4, -0.2) is 59.4 Å². The third-order valence-electron chi connectivity index (χ3n) is 7.05. The molecular formula is C30H36N2O6. The molecule has 0 radical (unpaired) electrons. The predicted octanol–water partition coefficient (Wildman–Crippen LogP) is 4.19. The highest BCUT2D eigenvalue weighted by Gasteiger charge is 2.34. The Balaban J connectivity index is 1.65. The highest BCUT2D eigenvalue weighted by atomic mass is 16.5. The molecule has 0 spiro atoms. The number of nitrogens with one attached hydrogen (secondary N) is 1. The molecule has 0 bridgehead atoms. The van der Waals surface area contributed by atoms with Gasteiger partial charge in [-0.25, -0.2) is 0 Å². The van der Waals surface area contributed by atoms with E-state index >= 15 is 0 Å². The minimum absolute atomic E-state index is 0.0659. The Hall–Kier alpha value is -3.91. The number of nitrogens with zero attached hydrogens (tertiary/aromatic N) is 1. The van der Waals surface area contributed by atoms with Crippen molar-refractivity contribution in [1.82, 2.24) is 10.2 Å². The second-order valence-corrected chi connectivity index (χ2v) is 9.07. The van der Waals surface area contributed by atoms with Crippen LogP contribution in [0.5, 0.6) is 28.7 Å². The average molecular weight is 521 g/mol. The number of carbonyl (C=O) groups is 1. The van der Waals surface area contributed by atoms with Gasteiger partial charge in [0.25, 0.3) is 0 Å². The standard InChI is InChI=1S/C30H36N2O6/c1-34-22-10-11-26(36-3)21(16-22)17-24-30-23(27(37-4)12-13-28(30)38-5)14-15-32(24)19-29(33)31-18-20-8-6-7-9-25(20)35-2/h6-13,16,24H,14-15,17-19H2,1-5H3,(H,31,33). The van der Waals surface area contributed by atoms with Crippen LogP contribution < -0.4 is 29.0 Å². The van der Waals surface area contributed by atoms with E-state index in [2.05, 4.69) is 10.2 Å². The molecule has 0 aliphatic carbocycles. The van der Waals surface area contributed by atoms with Gasteiger partial charge in [0.05, 0.1) is 42.1 Å². The molecule has 8 heteroatoms. The molecule has 1 aliphatic heterocycles. The number of para-hydroxylation sites is 1. The summed E-state index contributed by atoms with van der Waals surface area (Å²) in [5.41, 5.74) is 4.04. The van der Waals surface area contributed by atoms with Crippen molar-refractivity contribution in [2.24, 2.45) is 0 Å². The molecule has 0 saturated carbocycles. The zero-order valence-corrected chi connectivity index (χ0v) is 22.7. The Morgan fingerprint density at radius 3 is 2.18 bits per heavy atom. The van der Waals surface area contributed by atoms with E-state index in [1.54, 1.807) is 35.5 Å². The fourth-order valence-electron chi connectivity index (χ4n) is 5.16. The molecule has 1 atom stereocenters. The number of amides is 1. The molecular weight excluding hydrogens is 484 g/mol. The number of fused-ring (bicyclic) bond motifs is 1. The first-order valence-corrected chi connectivity index (χ1v) is 12.6. The molecule has 1 N–H and O–H groups in total. The minimum atomic E-state index is -0.151. The number of hydrogen-bond donors (Lipinski definition) is 1. The number of carbonyl (C=O) groups excluding carboxylic acids is 1. The second kappa shape index (κ2) is 12.6. The van der Waals surface area contributed by atoms with Gasteiger partial charge in [0, 0.05) is 35.8 Å². The summed E-state index contributed by atoms with van der Waals surface area (Å²) < 4.78 is 28.1. The third kappa shape index (κ3) is 5.81. The Morgan fingerprint density at radius 2 is 1.47 bits per heavy atom. The normalized spacial score (nSPS) is 14.8. The summed E-state index contributed by atoms with van der Waals surface area (Å²) in [7, 11) is 8.29. The molecule has 1 amide bonds. The summed E-state index contributed by atoms with van der Waals surface area (Å²) in [6.45, 7) is 1.31. The van der Waals surface area contributed by atoms with E-state index in [1.807, 2.05) is 54.6 Å². The molecule has 1 aliphatic rings. The Kier molecular flexibility index (Phi) is 8.97. The Labute approximate surface area is 224 Å². The van der Waals surface area contributed by atoms with Crippen LogP contribution in [0.15, 0.2) is 54.6 Å². The predicted molar refractivity (Wildman–Crippen MR) is 146 cm³/mol. The zero-order chi connectivity index (χ0) is 27.1. The molecule has 202 valence electrons. The monoisotopic (exact) mass is 520 g/mol. The summed E-state index contributed by atoms with van der Waals surface area (Å²) >= 11 is 0. The van der Waals surface area contributed by atoms with Crippen LogP contribution in [0.1, 0.15) is 28.3 Å². The van der Waals surface area contributed by atoms with Crippen molar-refractivity contribution < 1.29 is 28.5 Å². The summed E-state index contributed by atoms with van der Waals surface area (Å²) in [6, 6.07) is 17.2. The lowest BCUT2D eigenvalue weighted by molar-refractivity contribution is -0.123. The highest BCUT2D eigenvalue weighted by Crippen LogP contribution is 2.43. The van der Waals surface area contributed by atoms with Crippen LogP contribution in [0.2, 0.25) is 0 Å². The van der Waals surface area contributed by atoms with Gasteiger partial charge in [-0.3, -0.25) is 9.69 Å². The maximum absolute atomic E-state index is 13.2. The minimum Gasteiger partial charge on any atom is -0.497 e. The summed E-state index contributed by atoms with van der Waals surface area (Å²) in [4.78, 5) is 15.4. The first-order chi connectivity index (χ1) is 18.5. The molecule has 38 heavy (non-hydrogen) atoms. The van der Waals surface area contributed by atoms with Gasteiger partial charge in [0.15, 0.2) is 0 Å². The first kappa shape index (κ1) is 27.1. The molecule has 0 saturated heterocycles. The SMILES string of the molecule is COc1ccc(OC)c(CC2c3c(OC)ccc(OC)c3CCN2CC(=O)NCc2ccccc2OC)c1. The number of rotatable bonds is 11. The van der Waals surface area contributed by atoms with Gasteiger partial charge in [-0.2, -0.15) is 0 Å². The van der Waals surface area contributed by atoms with E-state index in [4.69, 9.17) is 23.7 Å². The van der Waals surface area contributed by atoms with Crippen molar-refractivity contribution in [2.45, 2.75) is 25.4 Å². The topological polar surface area (TPSA) is 78.5 Å². The van der Waals surface area contributed by atoms with Crippen molar-refractivity contribution in [3.8, 4) is 28.7 Å². The molecule has 3 aromatic carbocycles. The lowest BCUT2D eigenvalue weighted by Crippen LogP contribution is -2.43. The molecule has 1 heterocycles. The molecule has 4 rings (SSSR count). The summed E-state index contributed by atoms with van der Waals surface area (Å²) in [5.74, 6) is 3.79. The third-order valence-corrected chi connectivity index (χ3v) is 7.05. The number of ether oxygens (including phenoxy) is 5. The van der Waals surface area contributed by atoms with Gasteiger partial charge in [-0.05, 0) is 54.8 Å². The van der Waals surface area contributed by atoms with Crippen molar-refractivity contribution in [1.29, 1.82) is 0 Å². The Morgan fingerprint density at radius 1 is 0.816 bits per heavy atom. The smallest absolute Gasteiger partial charge is 0.234 e. The first-order valence-electron chi connectivity index (χ1n) is 12.6. The van der Waals surface area contributed by atoms with Crippen LogP contribution >= 0.6 is 0 Å². The van der Waals surface area contributed by atoms with Crippen LogP contribution in [-0.2, 0) is 24.2 Å². The van der Waals surface area contributed by atoms with E-state index in [-0.39, 0.29) is 18.5 Å². The van der Waals surface area contributed by atoms with Crippen LogP contribution in [0.4, 0.5) is 0 Å². The molecule has 0 fully saturated rings. The lowest BCUT2D eigenvalue weighted by Gasteiger charge is -2.38. The second-order valence-electron chi connectivity index (χ2n) is 9.07. The zero-order valence-electron chi connectivity index (χ0n) is 22.7.